The van der Waals surface area contributed by atoms with E-state index < -0.39 is 23.7 Å². The molecule has 11 heteroatoms. The summed E-state index contributed by atoms with van der Waals surface area (Å²) in [6, 6.07) is 8.56. The average Bonchev–Trinajstić information content (AvgIpc) is 2.53. The lowest BCUT2D eigenvalue weighted by molar-refractivity contribution is -0.0517. The Bertz CT molecular complexity index is 687. The molecule has 2 atom stereocenters. The van der Waals surface area contributed by atoms with Crippen LogP contribution in [-0.4, -0.2) is 58.0 Å². The zero-order valence-electron chi connectivity index (χ0n) is 15.7. The van der Waals surface area contributed by atoms with E-state index in [9.17, 15) is 13.2 Å². The number of benzene rings is 1. The molecule has 5 nitrogen and oxygen atoms in total. The molecule has 1 aliphatic rings. The predicted octanol–water partition coefficient (Wildman–Crippen LogP) is 3.31. The van der Waals surface area contributed by atoms with Crippen LogP contribution in [0.4, 0.5) is 13.2 Å². The molecule has 156 valence electrons. The highest BCUT2D eigenvalue weighted by Crippen LogP contribution is 2.31. The monoisotopic (exact) mass is 446 g/mol. The first-order valence-electron chi connectivity index (χ1n) is 8.15. The number of alkyl halides is 3. The highest BCUT2D eigenvalue weighted by atomic mass is 32.2. The molecule has 0 bridgehead atoms. The molecule has 1 aliphatic heterocycles. The third-order valence-electron chi connectivity index (χ3n) is 3.55. The maximum atomic E-state index is 10.7. The van der Waals surface area contributed by atoms with Gasteiger partial charge in [0.2, 0.25) is 0 Å². The summed E-state index contributed by atoms with van der Waals surface area (Å²) in [4.78, 5) is 0. The van der Waals surface area contributed by atoms with E-state index in [1.165, 1.54) is 16.7 Å². The van der Waals surface area contributed by atoms with Crippen molar-refractivity contribution >= 4 is 29.1 Å². The maximum absolute atomic E-state index is 10.7. The van der Waals surface area contributed by atoms with Crippen LogP contribution in [0.3, 0.4) is 0 Å². The standard InChI is InChI=1S/C15H25O2SSi.CHF3O3S/c1-16-14-7-5-13(6-8-14)15-11-17-9-10-18(15)12-19(2,3)4;2-1(3,4)8(5,6)7/h5-8,15H,9-12H2,1-4H3;(H,5,6,7)/q+1;/p-1. The lowest BCUT2D eigenvalue weighted by atomic mass is 10.1. The SMILES string of the molecule is COc1ccc(C2COCC[S+]2C[Si](C)(C)C)cc1.O=S(=O)([O-])C(F)(F)F. The lowest BCUT2D eigenvalue weighted by Crippen LogP contribution is -2.41. The first-order chi connectivity index (χ1) is 12.2. The van der Waals surface area contributed by atoms with Gasteiger partial charge in [-0.1, -0.05) is 31.8 Å². The Morgan fingerprint density at radius 1 is 1.26 bits per heavy atom. The van der Waals surface area contributed by atoms with Crippen LogP contribution in [-0.2, 0) is 25.7 Å². The minimum Gasteiger partial charge on any atom is -0.741 e. The van der Waals surface area contributed by atoms with E-state index in [0.29, 0.717) is 16.1 Å². The van der Waals surface area contributed by atoms with Gasteiger partial charge in [-0.25, -0.2) is 8.42 Å². The molecule has 0 aromatic heterocycles. The Balaban J connectivity index is 0.000000387. The summed E-state index contributed by atoms with van der Waals surface area (Å²) in [5.41, 5.74) is -4.23. The molecule has 0 amide bonds. The van der Waals surface area contributed by atoms with E-state index in [0.717, 1.165) is 19.0 Å². The molecule has 1 aromatic carbocycles. The van der Waals surface area contributed by atoms with Gasteiger partial charge in [0.15, 0.2) is 15.4 Å². The second kappa shape index (κ2) is 9.64. The van der Waals surface area contributed by atoms with E-state index in [1.807, 2.05) is 0 Å². The van der Waals surface area contributed by atoms with Gasteiger partial charge in [-0.2, -0.15) is 13.2 Å². The Morgan fingerprint density at radius 3 is 2.19 bits per heavy atom. The normalized spacial score (nSPS) is 21.2. The molecule has 27 heavy (non-hydrogen) atoms. The molecule has 1 heterocycles. The quantitative estimate of drug-likeness (QED) is 0.307. The van der Waals surface area contributed by atoms with E-state index in [-0.39, 0.29) is 0 Å². The van der Waals surface area contributed by atoms with Gasteiger partial charge in [0.25, 0.3) is 0 Å². The Hall–Kier alpha value is -0.753. The van der Waals surface area contributed by atoms with E-state index in [2.05, 4.69) is 43.9 Å². The molecule has 1 fully saturated rings. The highest BCUT2D eigenvalue weighted by molar-refractivity contribution is 7.98. The fourth-order valence-corrected chi connectivity index (χ4v) is 9.71. The number of halogens is 3. The molecule has 0 spiro atoms. The highest BCUT2D eigenvalue weighted by Gasteiger charge is 2.39. The number of methoxy groups -OCH3 is 1. The number of hydrogen-bond acceptors (Lipinski definition) is 5. The van der Waals surface area contributed by atoms with Gasteiger partial charge in [0, 0.05) is 5.56 Å². The van der Waals surface area contributed by atoms with Gasteiger partial charge in [-0.3, -0.25) is 0 Å². The molecule has 0 N–H and O–H groups in total. The summed E-state index contributed by atoms with van der Waals surface area (Å²) in [7, 11) is -4.89. The summed E-state index contributed by atoms with van der Waals surface area (Å²) in [5.74, 6) is 2.17. The van der Waals surface area contributed by atoms with Gasteiger partial charge in [0.05, 0.1) is 25.7 Å². The van der Waals surface area contributed by atoms with Gasteiger partial charge in [-0.15, -0.1) is 0 Å². The fraction of sp³-hybridized carbons (Fsp3) is 0.625. The summed E-state index contributed by atoms with van der Waals surface area (Å²) in [6.45, 7) is 9.25. The third kappa shape index (κ3) is 8.42. The van der Waals surface area contributed by atoms with Gasteiger partial charge in [-0.05, 0) is 23.0 Å². The van der Waals surface area contributed by atoms with Crippen molar-refractivity contribution < 1.29 is 35.6 Å². The average molecular weight is 447 g/mol. The van der Waals surface area contributed by atoms with Crippen molar-refractivity contribution in [2.45, 2.75) is 30.4 Å². The topological polar surface area (TPSA) is 75.7 Å². The van der Waals surface area contributed by atoms with Crippen LogP contribution in [0.1, 0.15) is 10.8 Å². The first-order valence-corrected chi connectivity index (χ1v) is 14.9. The summed E-state index contributed by atoms with van der Waals surface area (Å²) in [6.07, 6.45) is 0. The van der Waals surface area contributed by atoms with Crippen molar-refractivity contribution in [3.05, 3.63) is 29.8 Å². The largest absolute Gasteiger partial charge is 0.741 e. The Labute approximate surface area is 162 Å². The van der Waals surface area contributed by atoms with Crippen LogP contribution in [0.25, 0.3) is 0 Å². The zero-order valence-corrected chi connectivity index (χ0v) is 18.3. The van der Waals surface area contributed by atoms with Crippen molar-refractivity contribution in [3.63, 3.8) is 0 Å². The van der Waals surface area contributed by atoms with E-state index in [1.54, 1.807) is 7.11 Å². The maximum Gasteiger partial charge on any atom is 0.485 e. The molecule has 0 radical (unpaired) electrons. The first kappa shape index (κ1) is 24.3. The van der Waals surface area contributed by atoms with E-state index in [4.69, 9.17) is 22.4 Å². The smallest absolute Gasteiger partial charge is 0.485 e. The summed E-state index contributed by atoms with van der Waals surface area (Å²) < 4.78 is 69.9. The Kier molecular flexibility index (Phi) is 8.67. The molecular weight excluding hydrogens is 421 g/mol. The predicted molar refractivity (Wildman–Crippen MR) is 103 cm³/mol. The van der Waals surface area contributed by atoms with E-state index >= 15 is 0 Å². The minimum atomic E-state index is -6.09. The minimum absolute atomic E-state index is 0.484. The van der Waals surface area contributed by atoms with Crippen molar-refractivity contribution in [2.75, 3.05) is 31.5 Å². The number of hydrogen-bond donors (Lipinski definition) is 0. The van der Waals surface area contributed by atoms with Gasteiger partial charge < -0.3 is 14.0 Å². The lowest BCUT2D eigenvalue weighted by Gasteiger charge is -2.28. The van der Waals surface area contributed by atoms with Crippen molar-refractivity contribution in [1.29, 1.82) is 0 Å². The summed E-state index contributed by atoms with van der Waals surface area (Å²) >= 11 is 0. The van der Waals surface area contributed by atoms with Crippen LogP contribution in [0, 0.1) is 0 Å². The molecule has 0 saturated carbocycles. The van der Waals surface area contributed by atoms with Crippen LogP contribution in [0.2, 0.25) is 19.6 Å². The van der Waals surface area contributed by atoms with Crippen LogP contribution >= 0.6 is 0 Å². The van der Waals surface area contributed by atoms with Crippen LogP contribution in [0.15, 0.2) is 24.3 Å². The number of rotatable bonds is 4. The van der Waals surface area contributed by atoms with Crippen molar-refractivity contribution in [3.8, 4) is 5.75 Å². The molecule has 2 unspecified atom stereocenters. The fourth-order valence-electron chi connectivity index (χ4n) is 2.43. The van der Waals surface area contributed by atoms with Gasteiger partial charge >= 0.3 is 5.51 Å². The van der Waals surface area contributed by atoms with Gasteiger partial charge in [0.1, 0.15) is 19.6 Å². The Morgan fingerprint density at radius 2 is 1.78 bits per heavy atom. The second-order valence-electron chi connectivity index (χ2n) is 7.18. The molecule has 0 aliphatic carbocycles. The second-order valence-corrected chi connectivity index (χ2v) is 16.9. The van der Waals surface area contributed by atoms with Crippen molar-refractivity contribution in [2.24, 2.45) is 0 Å². The third-order valence-corrected chi connectivity index (χ3v) is 11.0. The number of ether oxygens (including phenoxy) is 2. The summed E-state index contributed by atoms with van der Waals surface area (Å²) in [5, 5.41) is 2.01. The zero-order chi connectivity index (χ0) is 20.9. The van der Waals surface area contributed by atoms with Crippen LogP contribution < -0.4 is 4.74 Å². The van der Waals surface area contributed by atoms with Crippen LogP contribution in [0.5, 0.6) is 5.75 Å². The molecule has 2 rings (SSSR count). The molecular formula is C16H25F3O5S2Si. The molecule has 1 aromatic rings. The molecule has 1 saturated heterocycles. The van der Waals surface area contributed by atoms with Crippen molar-refractivity contribution in [1.82, 2.24) is 0 Å².